The second-order valence-corrected chi connectivity index (χ2v) is 6.26. The van der Waals surface area contributed by atoms with Crippen LogP contribution >= 0.6 is 11.6 Å². The van der Waals surface area contributed by atoms with E-state index in [-0.39, 0.29) is 35.1 Å². The number of fused-ring (bicyclic) bond motifs is 1. The fourth-order valence-corrected chi connectivity index (χ4v) is 3.20. The molecule has 1 fully saturated rings. The molecule has 0 saturated heterocycles. The van der Waals surface area contributed by atoms with Gasteiger partial charge < -0.3 is 9.47 Å². The first-order chi connectivity index (χ1) is 11.5. The maximum Gasteiger partial charge on any atom is 0.288 e. The lowest BCUT2D eigenvalue weighted by Gasteiger charge is -2.04. The van der Waals surface area contributed by atoms with Gasteiger partial charge in [-0.3, -0.25) is 14.9 Å². The zero-order valence-electron chi connectivity index (χ0n) is 12.4. The lowest BCUT2D eigenvalue weighted by Crippen LogP contribution is -2.04. The Morgan fingerprint density at radius 3 is 2.75 bits per heavy atom. The Morgan fingerprint density at radius 1 is 1.17 bits per heavy atom. The largest absolute Gasteiger partial charge is 0.454 e. The number of carbonyl (C=O) groups excluding carboxylic acids is 1. The van der Waals surface area contributed by atoms with Gasteiger partial charge >= 0.3 is 0 Å². The van der Waals surface area contributed by atoms with Crippen LogP contribution in [0.2, 0.25) is 5.02 Å². The number of Topliss-reactive ketones (excluding diaryl/α,β-unsaturated/α-hetero) is 1. The van der Waals surface area contributed by atoms with Gasteiger partial charge in [0.25, 0.3) is 5.69 Å². The molecule has 4 rings (SSSR count). The summed E-state index contributed by atoms with van der Waals surface area (Å²) in [5.74, 6) is 1.22. The van der Waals surface area contributed by atoms with E-state index in [0.29, 0.717) is 17.1 Å². The van der Waals surface area contributed by atoms with Crippen molar-refractivity contribution in [3.8, 4) is 11.5 Å². The maximum atomic E-state index is 12.6. The van der Waals surface area contributed by atoms with Crippen molar-refractivity contribution >= 4 is 23.1 Å². The van der Waals surface area contributed by atoms with Crippen LogP contribution < -0.4 is 9.47 Å². The molecule has 0 spiro atoms. The SMILES string of the molecule is O=C(c1ccc(Cl)c([N+](=O)[O-])c1)[C@H]1C[C@H]1c1ccc2c(c1)OCO2. The predicted molar refractivity (Wildman–Crippen MR) is 85.8 cm³/mol. The van der Waals surface area contributed by atoms with Crippen molar-refractivity contribution in [3.63, 3.8) is 0 Å². The highest BCUT2D eigenvalue weighted by Gasteiger charge is 2.44. The molecular formula is C17H12ClNO5. The molecule has 0 bridgehead atoms. The fraction of sp³-hybridized carbons (Fsp3) is 0.235. The highest BCUT2D eigenvalue weighted by Crippen LogP contribution is 2.51. The second-order valence-electron chi connectivity index (χ2n) is 5.85. The van der Waals surface area contributed by atoms with E-state index in [9.17, 15) is 14.9 Å². The van der Waals surface area contributed by atoms with Crippen molar-refractivity contribution in [3.05, 3.63) is 62.7 Å². The Bertz CT molecular complexity index is 866. The molecule has 0 radical (unpaired) electrons. The van der Waals surface area contributed by atoms with E-state index in [0.717, 1.165) is 12.0 Å². The zero-order valence-corrected chi connectivity index (χ0v) is 13.2. The highest BCUT2D eigenvalue weighted by atomic mass is 35.5. The smallest absolute Gasteiger partial charge is 0.288 e. The van der Waals surface area contributed by atoms with Crippen LogP contribution in [-0.2, 0) is 0 Å². The quantitative estimate of drug-likeness (QED) is 0.476. The molecule has 2 atom stereocenters. The van der Waals surface area contributed by atoms with Crippen LogP contribution in [0.15, 0.2) is 36.4 Å². The molecule has 1 aliphatic carbocycles. The number of nitro groups is 1. The molecule has 0 N–H and O–H groups in total. The Labute approximate surface area is 142 Å². The van der Waals surface area contributed by atoms with Crippen LogP contribution in [0.25, 0.3) is 0 Å². The number of carbonyl (C=O) groups is 1. The van der Waals surface area contributed by atoms with Crippen LogP contribution in [0.3, 0.4) is 0 Å². The van der Waals surface area contributed by atoms with Crippen molar-refractivity contribution in [2.45, 2.75) is 12.3 Å². The van der Waals surface area contributed by atoms with Gasteiger partial charge in [0.2, 0.25) is 6.79 Å². The average molecular weight is 346 g/mol. The van der Waals surface area contributed by atoms with Crippen LogP contribution in [0.5, 0.6) is 11.5 Å². The first-order valence-electron chi connectivity index (χ1n) is 7.42. The van der Waals surface area contributed by atoms with Gasteiger partial charge in [0.05, 0.1) is 4.92 Å². The minimum absolute atomic E-state index is 0.0275. The Morgan fingerprint density at radius 2 is 1.96 bits per heavy atom. The fourth-order valence-electron chi connectivity index (χ4n) is 3.02. The summed E-state index contributed by atoms with van der Waals surface area (Å²) in [6, 6.07) is 9.84. The summed E-state index contributed by atoms with van der Waals surface area (Å²) in [7, 11) is 0. The summed E-state index contributed by atoms with van der Waals surface area (Å²) >= 11 is 5.79. The maximum absolute atomic E-state index is 12.6. The number of rotatable bonds is 4. The summed E-state index contributed by atoms with van der Waals surface area (Å²) in [6.07, 6.45) is 0.717. The third-order valence-corrected chi connectivity index (χ3v) is 4.70. The number of nitro benzene ring substituents is 1. The summed E-state index contributed by atoms with van der Waals surface area (Å²) in [6.45, 7) is 0.209. The molecule has 0 amide bonds. The minimum atomic E-state index is -0.582. The van der Waals surface area contributed by atoms with Gasteiger partial charge in [-0.1, -0.05) is 17.7 Å². The lowest BCUT2D eigenvalue weighted by atomic mass is 10.0. The van der Waals surface area contributed by atoms with E-state index >= 15 is 0 Å². The van der Waals surface area contributed by atoms with E-state index in [1.807, 2.05) is 18.2 Å². The molecular weight excluding hydrogens is 334 g/mol. The van der Waals surface area contributed by atoms with E-state index in [2.05, 4.69) is 0 Å². The Kier molecular flexibility index (Phi) is 3.42. The lowest BCUT2D eigenvalue weighted by molar-refractivity contribution is -0.384. The zero-order chi connectivity index (χ0) is 16.8. The average Bonchev–Trinajstić information content (AvgIpc) is 3.23. The molecule has 122 valence electrons. The molecule has 7 heteroatoms. The minimum Gasteiger partial charge on any atom is -0.454 e. The molecule has 1 saturated carbocycles. The number of nitrogens with zero attached hydrogens (tertiary/aromatic N) is 1. The van der Waals surface area contributed by atoms with Gasteiger partial charge in [-0.2, -0.15) is 0 Å². The Hall–Kier alpha value is -2.60. The van der Waals surface area contributed by atoms with Crippen molar-refractivity contribution in [1.82, 2.24) is 0 Å². The van der Waals surface area contributed by atoms with Gasteiger partial charge in [-0.05, 0) is 42.2 Å². The molecule has 0 aromatic heterocycles. The molecule has 0 unspecified atom stereocenters. The van der Waals surface area contributed by atoms with Gasteiger partial charge in [0, 0.05) is 17.5 Å². The van der Waals surface area contributed by atoms with Crippen molar-refractivity contribution in [1.29, 1.82) is 0 Å². The van der Waals surface area contributed by atoms with Gasteiger partial charge in [-0.15, -0.1) is 0 Å². The summed E-state index contributed by atoms with van der Waals surface area (Å²) in [4.78, 5) is 23.0. The van der Waals surface area contributed by atoms with Crippen molar-refractivity contribution in [2.24, 2.45) is 5.92 Å². The molecule has 2 aliphatic rings. The number of hydrogen-bond donors (Lipinski definition) is 0. The van der Waals surface area contributed by atoms with Crippen LogP contribution in [0.1, 0.15) is 28.3 Å². The number of benzene rings is 2. The van der Waals surface area contributed by atoms with Gasteiger partial charge in [0.15, 0.2) is 17.3 Å². The number of hydrogen-bond acceptors (Lipinski definition) is 5. The number of halogens is 1. The molecule has 24 heavy (non-hydrogen) atoms. The predicted octanol–water partition coefficient (Wildman–Crippen LogP) is 3.96. The van der Waals surface area contributed by atoms with Crippen LogP contribution in [0, 0.1) is 16.0 Å². The first-order valence-corrected chi connectivity index (χ1v) is 7.80. The number of ketones is 1. The van der Waals surface area contributed by atoms with E-state index < -0.39 is 4.92 Å². The Balaban J connectivity index is 1.55. The van der Waals surface area contributed by atoms with Crippen molar-refractivity contribution in [2.75, 3.05) is 6.79 Å². The normalized spacial score (nSPS) is 20.7. The summed E-state index contributed by atoms with van der Waals surface area (Å²) < 4.78 is 10.6. The topological polar surface area (TPSA) is 78.7 Å². The third-order valence-electron chi connectivity index (χ3n) is 4.38. The van der Waals surface area contributed by atoms with Crippen LogP contribution in [-0.4, -0.2) is 17.5 Å². The summed E-state index contributed by atoms with van der Waals surface area (Å²) in [5.41, 5.74) is 1.09. The first kappa shape index (κ1) is 15.0. The highest BCUT2D eigenvalue weighted by molar-refractivity contribution is 6.32. The van der Waals surface area contributed by atoms with E-state index in [1.54, 1.807) is 0 Å². The van der Waals surface area contributed by atoms with E-state index in [1.165, 1.54) is 18.2 Å². The molecule has 6 nitrogen and oxygen atoms in total. The monoisotopic (exact) mass is 345 g/mol. The molecule has 2 aromatic carbocycles. The van der Waals surface area contributed by atoms with E-state index in [4.69, 9.17) is 21.1 Å². The standard InChI is InChI=1S/C17H12ClNO5/c18-13-3-1-10(5-14(13)19(21)22)17(20)12-7-11(12)9-2-4-15-16(6-9)24-8-23-15/h1-6,11-12H,7-8H2/t11-,12-/m0/s1. The molecule has 2 aromatic rings. The van der Waals surface area contributed by atoms with Gasteiger partial charge in [-0.25, -0.2) is 0 Å². The molecule has 1 heterocycles. The number of ether oxygens (including phenoxy) is 2. The molecule has 1 aliphatic heterocycles. The van der Waals surface area contributed by atoms with Crippen molar-refractivity contribution < 1.29 is 19.2 Å². The second kappa shape index (κ2) is 5.49. The van der Waals surface area contributed by atoms with Crippen LogP contribution in [0.4, 0.5) is 5.69 Å². The third kappa shape index (κ3) is 2.49. The summed E-state index contributed by atoms with van der Waals surface area (Å²) in [5, 5.41) is 11.0. The van der Waals surface area contributed by atoms with Gasteiger partial charge in [0.1, 0.15) is 5.02 Å².